The van der Waals surface area contributed by atoms with Gasteiger partial charge in [0.2, 0.25) is 0 Å². The zero-order chi connectivity index (χ0) is 18.4. The van der Waals surface area contributed by atoms with Crippen molar-refractivity contribution in [2.75, 3.05) is 46.1 Å². The van der Waals surface area contributed by atoms with Crippen molar-refractivity contribution in [1.29, 1.82) is 0 Å². The number of carbonyl (C=O) groups excluding carboxylic acids is 1. The van der Waals surface area contributed by atoms with Gasteiger partial charge in [-0.25, -0.2) is 0 Å². The Morgan fingerprint density at radius 2 is 1.92 bits per heavy atom. The molecule has 6 nitrogen and oxygen atoms in total. The molecule has 2 aliphatic rings. The lowest BCUT2D eigenvalue weighted by atomic mass is 10.2. The summed E-state index contributed by atoms with van der Waals surface area (Å²) >= 11 is 1.75. The van der Waals surface area contributed by atoms with Crippen LogP contribution in [0, 0.1) is 0 Å². The van der Waals surface area contributed by atoms with E-state index in [4.69, 9.17) is 4.74 Å². The maximum atomic E-state index is 12.4. The number of hydrogen-bond acceptors (Lipinski definition) is 4. The Hall–Kier alpha value is -1.73. The average Bonchev–Trinajstić information content (AvgIpc) is 3.24. The zero-order valence-corrected chi connectivity index (χ0v) is 16.4. The summed E-state index contributed by atoms with van der Waals surface area (Å²) in [5.41, 5.74) is 1.23. The molecule has 3 rings (SSSR count). The first-order chi connectivity index (χ1) is 12.7. The highest BCUT2D eigenvalue weighted by Crippen LogP contribution is 2.16. The van der Waals surface area contributed by atoms with Gasteiger partial charge in [0.25, 0.3) is 5.91 Å². The maximum Gasteiger partial charge on any atom is 0.251 e. The van der Waals surface area contributed by atoms with Gasteiger partial charge in [-0.2, -0.15) is 0 Å². The molecule has 0 radical (unpaired) electrons. The summed E-state index contributed by atoms with van der Waals surface area (Å²) in [6, 6.07) is 8.56. The number of benzene rings is 1. The van der Waals surface area contributed by atoms with Gasteiger partial charge in [-0.05, 0) is 36.8 Å². The van der Waals surface area contributed by atoms with Gasteiger partial charge in [-0.15, -0.1) is 11.8 Å². The largest absolute Gasteiger partial charge is 0.368 e. The van der Waals surface area contributed by atoms with Gasteiger partial charge in [0.1, 0.15) is 6.10 Å². The zero-order valence-electron chi connectivity index (χ0n) is 15.6. The van der Waals surface area contributed by atoms with E-state index >= 15 is 0 Å². The standard InChI is InChI=1S/C19H28N4O2S/c1-20-19(21-14-15-5-7-16(26-2)8-6-15)23-11-9-22(10-12-23)18(24)17-4-3-13-25-17/h5-8,17H,3-4,9-14H2,1-2H3,(H,20,21). The van der Waals surface area contributed by atoms with Crippen LogP contribution in [0.1, 0.15) is 18.4 Å². The Morgan fingerprint density at radius 1 is 1.23 bits per heavy atom. The van der Waals surface area contributed by atoms with Gasteiger partial charge in [0.15, 0.2) is 5.96 Å². The number of guanidine groups is 1. The molecule has 1 unspecified atom stereocenters. The van der Waals surface area contributed by atoms with Crippen molar-refractivity contribution in [3.8, 4) is 0 Å². The van der Waals surface area contributed by atoms with E-state index in [1.54, 1.807) is 11.8 Å². The number of nitrogens with zero attached hydrogens (tertiary/aromatic N) is 3. The van der Waals surface area contributed by atoms with E-state index in [9.17, 15) is 4.79 Å². The highest BCUT2D eigenvalue weighted by atomic mass is 32.2. The number of nitrogens with one attached hydrogen (secondary N) is 1. The van der Waals surface area contributed by atoms with Crippen LogP contribution in [0.2, 0.25) is 0 Å². The molecule has 2 fully saturated rings. The molecule has 2 heterocycles. The van der Waals surface area contributed by atoms with Crippen molar-refractivity contribution in [2.24, 2.45) is 4.99 Å². The Kier molecular flexibility index (Phi) is 6.80. The molecule has 1 aromatic carbocycles. The lowest BCUT2D eigenvalue weighted by Crippen LogP contribution is -2.55. The summed E-state index contributed by atoms with van der Waals surface area (Å²) in [4.78, 5) is 22.3. The van der Waals surface area contributed by atoms with Crippen molar-refractivity contribution >= 4 is 23.6 Å². The third-order valence-electron chi connectivity index (χ3n) is 4.92. The molecule has 0 saturated carbocycles. The van der Waals surface area contributed by atoms with Crippen LogP contribution in [0.15, 0.2) is 34.2 Å². The smallest absolute Gasteiger partial charge is 0.251 e. The Balaban J connectivity index is 1.47. The summed E-state index contributed by atoms with van der Waals surface area (Å²) in [5.74, 6) is 1.04. The van der Waals surface area contributed by atoms with Crippen LogP contribution in [-0.2, 0) is 16.1 Å². The summed E-state index contributed by atoms with van der Waals surface area (Å²) < 4.78 is 5.53. The average molecular weight is 377 g/mol. The van der Waals surface area contributed by atoms with Gasteiger partial charge in [0, 0.05) is 51.3 Å². The lowest BCUT2D eigenvalue weighted by molar-refractivity contribution is -0.142. The maximum absolute atomic E-state index is 12.4. The highest BCUT2D eigenvalue weighted by Gasteiger charge is 2.30. The van der Waals surface area contributed by atoms with Crippen LogP contribution in [0.5, 0.6) is 0 Å². The first-order valence-electron chi connectivity index (χ1n) is 9.20. The van der Waals surface area contributed by atoms with Crippen molar-refractivity contribution in [2.45, 2.75) is 30.4 Å². The second-order valence-corrected chi connectivity index (χ2v) is 7.44. The van der Waals surface area contributed by atoms with Gasteiger partial charge >= 0.3 is 0 Å². The SMILES string of the molecule is CN=C(NCc1ccc(SC)cc1)N1CCN(C(=O)C2CCCO2)CC1. The molecule has 1 amide bonds. The molecule has 2 saturated heterocycles. The molecular weight excluding hydrogens is 348 g/mol. The van der Waals surface area contributed by atoms with E-state index < -0.39 is 0 Å². The summed E-state index contributed by atoms with van der Waals surface area (Å²) in [5, 5.41) is 3.43. The summed E-state index contributed by atoms with van der Waals surface area (Å²) in [7, 11) is 1.81. The fourth-order valence-corrected chi connectivity index (χ4v) is 3.78. The van der Waals surface area contributed by atoms with Crippen molar-refractivity contribution in [3.05, 3.63) is 29.8 Å². The Labute approximate surface area is 160 Å². The number of ether oxygens (including phenoxy) is 1. The first kappa shape index (κ1) is 19.0. The quantitative estimate of drug-likeness (QED) is 0.493. The second kappa shape index (κ2) is 9.28. The topological polar surface area (TPSA) is 57.2 Å². The van der Waals surface area contributed by atoms with E-state index in [-0.39, 0.29) is 12.0 Å². The molecule has 0 spiro atoms. The predicted octanol–water partition coefficient (Wildman–Crippen LogP) is 1.81. The van der Waals surface area contributed by atoms with Crippen molar-refractivity contribution in [1.82, 2.24) is 15.1 Å². The molecule has 0 bridgehead atoms. The van der Waals surface area contributed by atoms with Gasteiger partial charge in [0.05, 0.1) is 0 Å². The minimum Gasteiger partial charge on any atom is -0.368 e. The molecule has 0 aliphatic carbocycles. The van der Waals surface area contributed by atoms with Crippen LogP contribution in [0.3, 0.4) is 0 Å². The molecule has 7 heteroatoms. The molecule has 1 atom stereocenters. The molecule has 1 aromatic rings. The summed E-state index contributed by atoms with van der Waals surface area (Å²) in [6.45, 7) is 4.50. The number of aliphatic imine (C=N–C) groups is 1. The molecule has 2 aliphatic heterocycles. The van der Waals surface area contributed by atoms with E-state index in [0.29, 0.717) is 6.61 Å². The monoisotopic (exact) mass is 376 g/mol. The second-order valence-electron chi connectivity index (χ2n) is 6.56. The molecule has 1 N–H and O–H groups in total. The van der Waals surface area contributed by atoms with Gasteiger partial charge in [-0.3, -0.25) is 9.79 Å². The Morgan fingerprint density at radius 3 is 2.50 bits per heavy atom. The molecular formula is C19H28N4O2S. The number of rotatable bonds is 4. The van der Waals surface area contributed by atoms with Crippen LogP contribution >= 0.6 is 11.8 Å². The van der Waals surface area contributed by atoms with Crippen molar-refractivity contribution < 1.29 is 9.53 Å². The molecule has 0 aromatic heterocycles. The number of amides is 1. The number of carbonyl (C=O) groups is 1. The van der Waals surface area contributed by atoms with Crippen LogP contribution in [0.4, 0.5) is 0 Å². The normalized spacial score (nSPS) is 21.2. The predicted molar refractivity (Wildman–Crippen MR) is 106 cm³/mol. The highest BCUT2D eigenvalue weighted by molar-refractivity contribution is 7.98. The van der Waals surface area contributed by atoms with Crippen LogP contribution in [-0.4, -0.2) is 73.9 Å². The minimum atomic E-state index is -0.219. The van der Waals surface area contributed by atoms with E-state index in [1.165, 1.54) is 10.5 Å². The van der Waals surface area contributed by atoms with E-state index in [0.717, 1.165) is 51.5 Å². The summed E-state index contributed by atoms with van der Waals surface area (Å²) in [6.07, 6.45) is 3.71. The Bertz CT molecular complexity index is 621. The number of hydrogen-bond donors (Lipinski definition) is 1. The first-order valence-corrected chi connectivity index (χ1v) is 10.4. The number of thioether (sulfide) groups is 1. The fraction of sp³-hybridized carbons (Fsp3) is 0.579. The van der Waals surface area contributed by atoms with Gasteiger partial charge < -0.3 is 19.9 Å². The molecule has 26 heavy (non-hydrogen) atoms. The third-order valence-corrected chi connectivity index (χ3v) is 5.66. The van der Waals surface area contributed by atoms with Crippen molar-refractivity contribution in [3.63, 3.8) is 0 Å². The fourth-order valence-electron chi connectivity index (χ4n) is 3.37. The molecule has 142 valence electrons. The number of piperazine rings is 1. The van der Waals surface area contributed by atoms with Gasteiger partial charge in [-0.1, -0.05) is 12.1 Å². The minimum absolute atomic E-state index is 0.152. The van der Waals surface area contributed by atoms with Crippen LogP contribution in [0.25, 0.3) is 0 Å². The third kappa shape index (κ3) is 4.71. The van der Waals surface area contributed by atoms with E-state index in [1.807, 2.05) is 11.9 Å². The van der Waals surface area contributed by atoms with E-state index in [2.05, 4.69) is 45.7 Å². The van der Waals surface area contributed by atoms with Crippen LogP contribution < -0.4 is 5.32 Å². The lowest BCUT2D eigenvalue weighted by Gasteiger charge is -2.37.